The molecule has 2 atom stereocenters. The van der Waals surface area contributed by atoms with Gasteiger partial charge in [-0.15, -0.1) is 12.3 Å². The predicted octanol–water partition coefficient (Wildman–Crippen LogP) is 1.68. The number of amides is 1. The Labute approximate surface area is 99.4 Å². The molecule has 0 aromatic rings. The largest absolute Gasteiger partial charge is 0.352 e. The Balaban J connectivity index is 3.60. The second-order valence-corrected chi connectivity index (χ2v) is 4.15. The average molecular weight is 224 g/mol. The minimum atomic E-state index is -0.125. The van der Waals surface area contributed by atoms with Crippen molar-refractivity contribution in [1.29, 1.82) is 0 Å². The molecule has 0 aliphatic heterocycles. The van der Waals surface area contributed by atoms with E-state index in [0.717, 1.165) is 32.2 Å². The molecule has 0 saturated heterocycles. The molecule has 1 amide bonds. The zero-order valence-electron chi connectivity index (χ0n) is 10.7. The van der Waals surface area contributed by atoms with Gasteiger partial charge in [-0.3, -0.25) is 4.79 Å². The molecule has 0 saturated carbocycles. The third-order valence-corrected chi connectivity index (χ3v) is 2.59. The minimum absolute atomic E-state index is 0.0753. The third kappa shape index (κ3) is 7.30. The Morgan fingerprint density at radius 2 is 2.06 bits per heavy atom. The lowest BCUT2D eigenvalue weighted by atomic mass is 10.2. The van der Waals surface area contributed by atoms with Gasteiger partial charge in [0.05, 0.1) is 6.04 Å². The second-order valence-electron chi connectivity index (χ2n) is 4.15. The Morgan fingerprint density at radius 1 is 1.38 bits per heavy atom. The summed E-state index contributed by atoms with van der Waals surface area (Å²) in [6, 6.07) is 0.123. The summed E-state index contributed by atoms with van der Waals surface area (Å²) in [6.45, 7) is 6.80. The van der Waals surface area contributed by atoms with Crippen molar-refractivity contribution in [2.24, 2.45) is 0 Å². The maximum absolute atomic E-state index is 11.6. The van der Waals surface area contributed by atoms with Crippen LogP contribution >= 0.6 is 0 Å². The number of rotatable bonds is 8. The Bertz CT molecular complexity index is 233. The first-order chi connectivity index (χ1) is 7.61. The topological polar surface area (TPSA) is 41.1 Å². The molecular weight excluding hydrogens is 200 g/mol. The molecule has 0 spiro atoms. The molecule has 0 aromatic heterocycles. The smallest absolute Gasteiger partial charge is 0.237 e. The van der Waals surface area contributed by atoms with Crippen LogP contribution in [0.5, 0.6) is 0 Å². The van der Waals surface area contributed by atoms with Gasteiger partial charge < -0.3 is 10.6 Å². The second kappa shape index (κ2) is 9.23. The standard InChI is InChI=1S/C13H24N2O/c1-5-7-8-9-10-14-12(4)13(16)15-11(3)6-2/h1,11-12,14H,6-10H2,2-4H3,(H,15,16). The van der Waals surface area contributed by atoms with Crippen LogP contribution in [-0.2, 0) is 4.79 Å². The quantitative estimate of drug-likeness (QED) is 0.486. The first-order valence-corrected chi connectivity index (χ1v) is 6.09. The highest BCUT2D eigenvalue weighted by molar-refractivity contribution is 5.81. The van der Waals surface area contributed by atoms with E-state index < -0.39 is 0 Å². The Kier molecular flexibility index (Phi) is 8.65. The third-order valence-electron chi connectivity index (χ3n) is 2.59. The number of nitrogens with one attached hydrogen (secondary N) is 2. The lowest BCUT2D eigenvalue weighted by molar-refractivity contribution is -0.123. The van der Waals surface area contributed by atoms with E-state index >= 15 is 0 Å². The van der Waals surface area contributed by atoms with Gasteiger partial charge in [0.15, 0.2) is 0 Å². The number of hydrogen-bond donors (Lipinski definition) is 2. The molecule has 92 valence electrons. The van der Waals surface area contributed by atoms with E-state index in [0.29, 0.717) is 0 Å². The van der Waals surface area contributed by atoms with E-state index in [1.165, 1.54) is 0 Å². The van der Waals surface area contributed by atoms with Gasteiger partial charge in [0.2, 0.25) is 5.91 Å². The molecule has 0 aliphatic carbocycles. The van der Waals surface area contributed by atoms with Gasteiger partial charge in [-0.05, 0) is 39.7 Å². The molecule has 3 heteroatoms. The first kappa shape index (κ1) is 15.0. The average Bonchev–Trinajstić information content (AvgIpc) is 2.28. The molecule has 0 heterocycles. The number of terminal acetylenes is 1. The van der Waals surface area contributed by atoms with E-state index in [-0.39, 0.29) is 18.0 Å². The number of carbonyl (C=O) groups is 1. The molecular formula is C13H24N2O. The summed E-state index contributed by atoms with van der Waals surface area (Å²) >= 11 is 0. The SMILES string of the molecule is C#CCCCCNC(C)C(=O)NC(C)CC. The molecule has 0 aliphatic rings. The minimum Gasteiger partial charge on any atom is -0.352 e. The van der Waals surface area contributed by atoms with Crippen LogP contribution in [0.3, 0.4) is 0 Å². The van der Waals surface area contributed by atoms with Crippen LogP contribution < -0.4 is 10.6 Å². The predicted molar refractivity (Wildman–Crippen MR) is 68.0 cm³/mol. The van der Waals surface area contributed by atoms with Gasteiger partial charge in [-0.1, -0.05) is 6.92 Å². The summed E-state index contributed by atoms with van der Waals surface area (Å²) in [5.74, 6) is 2.68. The summed E-state index contributed by atoms with van der Waals surface area (Å²) < 4.78 is 0. The van der Waals surface area contributed by atoms with Gasteiger partial charge >= 0.3 is 0 Å². The summed E-state index contributed by atoms with van der Waals surface area (Å²) in [5.41, 5.74) is 0. The molecule has 0 fully saturated rings. The van der Waals surface area contributed by atoms with E-state index in [1.807, 2.05) is 13.8 Å². The van der Waals surface area contributed by atoms with Crippen molar-refractivity contribution in [1.82, 2.24) is 10.6 Å². The lowest BCUT2D eigenvalue weighted by Gasteiger charge is -2.17. The van der Waals surface area contributed by atoms with Crippen LogP contribution in [0, 0.1) is 12.3 Å². The fraction of sp³-hybridized carbons (Fsp3) is 0.769. The van der Waals surface area contributed by atoms with E-state index in [1.54, 1.807) is 0 Å². The van der Waals surface area contributed by atoms with Gasteiger partial charge in [-0.2, -0.15) is 0 Å². The molecule has 0 radical (unpaired) electrons. The molecule has 2 N–H and O–H groups in total. The zero-order chi connectivity index (χ0) is 12.4. The fourth-order valence-electron chi connectivity index (χ4n) is 1.23. The number of unbranched alkanes of at least 4 members (excludes halogenated alkanes) is 2. The van der Waals surface area contributed by atoms with Crippen LogP contribution in [0.2, 0.25) is 0 Å². The highest BCUT2D eigenvalue weighted by Gasteiger charge is 2.12. The van der Waals surface area contributed by atoms with E-state index in [9.17, 15) is 4.79 Å². The summed E-state index contributed by atoms with van der Waals surface area (Å²) in [5, 5.41) is 6.14. The monoisotopic (exact) mass is 224 g/mol. The lowest BCUT2D eigenvalue weighted by Crippen LogP contribution is -2.45. The highest BCUT2D eigenvalue weighted by atomic mass is 16.2. The van der Waals surface area contributed by atoms with Crippen LogP contribution in [0.4, 0.5) is 0 Å². The van der Waals surface area contributed by atoms with Gasteiger partial charge in [-0.25, -0.2) is 0 Å². The Morgan fingerprint density at radius 3 is 2.62 bits per heavy atom. The molecule has 3 nitrogen and oxygen atoms in total. The molecule has 0 bridgehead atoms. The van der Waals surface area contributed by atoms with Crippen LogP contribution in [0.15, 0.2) is 0 Å². The van der Waals surface area contributed by atoms with E-state index in [4.69, 9.17) is 6.42 Å². The first-order valence-electron chi connectivity index (χ1n) is 6.09. The van der Waals surface area contributed by atoms with Gasteiger partial charge in [0, 0.05) is 12.5 Å². The molecule has 0 rings (SSSR count). The molecule has 16 heavy (non-hydrogen) atoms. The summed E-state index contributed by atoms with van der Waals surface area (Å²) in [7, 11) is 0. The van der Waals surface area contributed by atoms with Crippen molar-refractivity contribution < 1.29 is 4.79 Å². The Hall–Kier alpha value is -1.01. The van der Waals surface area contributed by atoms with Crippen molar-refractivity contribution in [3.63, 3.8) is 0 Å². The maximum atomic E-state index is 11.6. The zero-order valence-corrected chi connectivity index (χ0v) is 10.7. The van der Waals surface area contributed by atoms with Crippen LogP contribution in [-0.4, -0.2) is 24.5 Å². The normalized spacial score (nSPS) is 13.9. The van der Waals surface area contributed by atoms with Crippen LogP contribution in [0.1, 0.15) is 46.5 Å². The van der Waals surface area contributed by atoms with Crippen molar-refractivity contribution in [3.8, 4) is 12.3 Å². The molecule has 2 unspecified atom stereocenters. The van der Waals surface area contributed by atoms with Crippen LogP contribution in [0.25, 0.3) is 0 Å². The number of carbonyl (C=O) groups excluding carboxylic acids is 1. The van der Waals surface area contributed by atoms with E-state index in [2.05, 4.69) is 23.5 Å². The number of hydrogen-bond acceptors (Lipinski definition) is 2. The van der Waals surface area contributed by atoms with Crippen molar-refractivity contribution in [2.75, 3.05) is 6.54 Å². The highest BCUT2D eigenvalue weighted by Crippen LogP contribution is 1.94. The van der Waals surface area contributed by atoms with Gasteiger partial charge in [0.25, 0.3) is 0 Å². The fourth-order valence-corrected chi connectivity index (χ4v) is 1.23. The maximum Gasteiger partial charge on any atom is 0.237 e. The summed E-state index contributed by atoms with van der Waals surface area (Å²) in [6.07, 6.45) is 8.96. The summed E-state index contributed by atoms with van der Waals surface area (Å²) in [4.78, 5) is 11.6. The van der Waals surface area contributed by atoms with Gasteiger partial charge in [0.1, 0.15) is 0 Å². The van der Waals surface area contributed by atoms with Crippen molar-refractivity contribution in [3.05, 3.63) is 0 Å². The van der Waals surface area contributed by atoms with Crippen molar-refractivity contribution in [2.45, 2.75) is 58.5 Å². The van der Waals surface area contributed by atoms with Crippen molar-refractivity contribution >= 4 is 5.91 Å². The molecule has 0 aromatic carbocycles.